The molecule has 11 heavy (non-hydrogen) atoms. The molecule has 64 valence electrons. The predicted molar refractivity (Wildman–Crippen MR) is 46.3 cm³/mol. The maximum atomic E-state index is 9.70. The Hall–Kier alpha value is -0.600. The fourth-order valence-electron chi connectivity index (χ4n) is 0.924. The smallest absolute Gasteiger partial charge is 0.0970 e. The van der Waals surface area contributed by atoms with Crippen molar-refractivity contribution >= 4 is 0 Å². The van der Waals surface area contributed by atoms with Gasteiger partial charge in [-0.05, 0) is 19.8 Å². The van der Waals surface area contributed by atoms with Crippen molar-refractivity contribution in [3.05, 3.63) is 25.3 Å². The van der Waals surface area contributed by atoms with Crippen LogP contribution in [0.15, 0.2) is 25.3 Å². The van der Waals surface area contributed by atoms with Crippen molar-refractivity contribution in [3.8, 4) is 0 Å². The van der Waals surface area contributed by atoms with Crippen LogP contribution in [0.5, 0.6) is 0 Å². The van der Waals surface area contributed by atoms with Crippen LogP contribution in [0.1, 0.15) is 19.8 Å². The van der Waals surface area contributed by atoms with Crippen molar-refractivity contribution in [1.82, 2.24) is 0 Å². The van der Waals surface area contributed by atoms with Gasteiger partial charge >= 0.3 is 0 Å². The Kier molecular flexibility index (Phi) is 4.08. The van der Waals surface area contributed by atoms with Gasteiger partial charge < -0.3 is 10.2 Å². The summed E-state index contributed by atoms with van der Waals surface area (Å²) < 4.78 is 0. The zero-order chi connectivity index (χ0) is 8.91. The molecule has 0 aromatic rings. The van der Waals surface area contributed by atoms with Crippen LogP contribution in [0.2, 0.25) is 0 Å². The Morgan fingerprint density at radius 1 is 1.36 bits per heavy atom. The lowest BCUT2D eigenvalue weighted by atomic mass is 9.90. The average Bonchev–Trinajstić information content (AvgIpc) is 1.88. The molecule has 0 aliphatic rings. The van der Waals surface area contributed by atoms with Gasteiger partial charge in [-0.2, -0.15) is 0 Å². The van der Waals surface area contributed by atoms with Gasteiger partial charge in [-0.25, -0.2) is 0 Å². The molecule has 0 bridgehead atoms. The topological polar surface area (TPSA) is 40.5 Å². The molecule has 1 atom stereocenters. The van der Waals surface area contributed by atoms with E-state index in [0.29, 0.717) is 12.8 Å². The first kappa shape index (κ1) is 10.4. The van der Waals surface area contributed by atoms with Crippen molar-refractivity contribution in [2.75, 3.05) is 0 Å². The van der Waals surface area contributed by atoms with Crippen LogP contribution in [0.3, 0.4) is 0 Å². The van der Waals surface area contributed by atoms with E-state index in [0.717, 1.165) is 0 Å². The first-order valence-corrected chi connectivity index (χ1v) is 3.69. The molecule has 0 aromatic heterocycles. The molecule has 0 aliphatic heterocycles. The van der Waals surface area contributed by atoms with E-state index in [2.05, 4.69) is 13.2 Å². The third-order valence-corrected chi connectivity index (χ3v) is 1.77. The summed E-state index contributed by atoms with van der Waals surface area (Å²) in [5.74, 6) is 0. The van der Waals surface area contributed by atoms with Crippen molar-refractivity contribution < 1.29 is 10.2 Å². The molecule has 0 saturated heterocycles. The Balaban J connectivity index is 4.23. The van der Waals surface area contributed by atoms with Gasteiger partial charge in [0.25, 0.3) is 0 Å². The largest absolute Gasteiger partial charge is 0.390 e. The van der Waals surface area contributed by atoms with Crippen LogP contribution in [-0.4, -0.2) is 21.9 Å². The molecule has 0 spiro atoms. The SMILES string of the molecule is C=CCC(O)(CC=C)[C@H](C)O. The molecule has 0 fully saturated rings. The second kappa shape index (κ2) is 4.31. The van der Waals surface area contributed by atoms with Crippen molar-refractivity contribution in [1.29, 1.82) is 0 Å². The maximum Gasteiger partial charge on any atom is 0.0970 e. The van der Waals surface area contributed by atoms with E-state index in [-0.39, 0.29) is 0 Å². The molecule has 0 rings (SSSR count). The Labute approximate surface area is 67.9 Å². The lowest BCUT2D eigenvalue weighted by Gasteiger charge is -2.28. The lowest BCUT2D eigenvalue weighted by molar-refractivity contribution is -0.0612. The molecule has 0 amide bonds. The van der Waals surface area contributed by atoms with E-state index in [1.807, 2.05) is 0 Å². The first-order chi connectivity index (χ1) is 5.06. The third kappa shape index (κ3) is 2.87. The van der Waals surface area contributed by atoms with Crippen LogP contribution in [0.25, 0.3) is 0 Å². The summed E-state index contributed by atoms with van der Waals surface area (Å²) in [7, 11) is 0. The van der Waals surface area contributed by atoms with Crippen LogP contribution in [0, 0.1) is 0 Å². The fourth-order valence-corrected chi connectivity index (χ4v) is 0.924. The third-order valence-electron chi connectivity index (χ3n) is 1.77. The monoisotopic (exact) mass is 156 g/mol. The van der Waals surface area contributed by atoms with Crippen molar-refractivity contribution in [2.45, 2.75) is 31.5 Å². The van der Waals surface area contributed by atoms with Gasteiger partial charge in [-0.1, -0.05) is 12.2 Å². The lowest BCUT2D eigenvalue weighted by Crippen LogP contribution is -2.39. The highest BCUT2D eigenvalue weighted by molar-refractivity contribution is 4.95. The van der Waals surface area contributed by atoms with E-state index in [1.165, 1.54) is 0 Å². The van der Waals surface area contributed by atoms with Gasteiger partial charge in [0.05, 0.1) is 11.7 Å². The van der Waals surface area contributed by atoms with Crippen LogP contribution in [-0.2, 0) is 0 Å². The average molecular weight is 156 g/mol. The normalized spacial score (nSPS) is 14.1. The summed E-state index contributed by atoms with van der Waals surface area (Å²) in [6, 6.07) is 0. The van der Waals surface area contributed by atoms with Gasteiger partial charge in [0.15, 0.2) is 0 Å². The zero-order valence-corrected chi connectivity index (χ0v) is 6.95. The molecule has 2 N–H and O–H groups in total. The summed E-state index contributed by atoms with van der Waals surface area (Å²) in [6.45, 7) is 8.57. The second-order valence-electron chi connectivity index (χ2n) is 2.77. The van der Waals surface area contributed by atoms with E-state index in [4.69, 9.17) is 0 Å². The van der Waals surface area contributed by atoms with E-state index in [1.54, 1.807) is 19.1 Å². The molecular formula is C9H16O2. The highest BCUT2D eigenvalue weighted by Crippen LogP contribution is 2.20. The minimum absolute atomic E-state index is 0.386. The summed E-state index contributed by atoms with van der Waals surface area (Å²) in [4.78, 5) is 0. The van der Waals surface area contributed by atoms with Crippen molar-refractivity contribution in [2.24, 2.45) is 0 Å². The molecule has 0 saturated carbocycles. The first-order valence-electron chi connectivity index (χ1n) is 3.69. The van der Waals surface area contributed by atoms with E-state index < -0.39 is 11.7 Å². The van der Waals surface area contributed by atoms with Gasteiger partial charge in [0.1, 0.15) is 0 Å². The Bertz CT molecular complexity index is 128. The molecule has 2 nitrogen and oxygen atoms in total. The number of hydrogen-bond acceptors (Lipinski definition) is 2. The summed E-state index contributed by atoms with van der Waals surface area (Å²) >= 11 is 0. The molecule has 0 aliphatic carbocycles. The van der Waals surface area contributed by atoms with Gasteiger partial charge in [0, 0.05) is 0 Å². The highest BCUT2D eigenvalue weighted by atomic mass is 16.3. The Morgan fingerprint density at radius 3 is 1.91 bits per heavy atom. The highest BCUT2D eigenvalue weighted by Gasteiger charge is 2.29. The fraction of sp³-hybridized carbons (Fsp3) is 0.556. The quantitative estimate of drug-likeness (QED) is 0.588. The Morgan fingerprint density at radius 2 is 1.73 bits per heavy atom. The maximum absolute atomic E-state index is 9.70. The summed E-state index contributed by atoms with van der Waals surface area (Å²) in [5.41, 5.74) is -1.08. The van der Waals surface area contributed by atoms with Crippen LogP contribution in [0.4, 0.5) is 0 Å². The van der Waals surface area contributed by atoms with Gasteiger partial charge in [-0.15, -0.1) is 13.2 Å². The number of rotatable bonds is 5. The van der Waals surface area contributed by atoms with Crippen molar-refractivity contribution in [3.63, 3.8) is 0 Å². The molecule has 0 heterocycles. The standard InChI is InChI=1S/C9H16O2/c1-4-6-9(11,7-5-2)8(3)10/h4-5,8,10-11H,1-2,6-7H2,3H3/t8-/m0/s1. The molecule has 0 aromatic carbocycles. The van der Waals surface area contributed by atoms with Crippen LogP contribution >= 0.6 is 0 Å². The minimum atomic E-state index is -1.08. The van der Waals surface area contributed by atoms with E-state index >= 15 is 0 Å². The van der Waals surface area contributed by atoms with Crippen LogP contribution < -0.4 is 0 Å². The van der Waals surface area contributed by atoms with Gasteiger partial charge in [0.2, 0.25) is 0 Å². The number of aliphatic hydroxyl groups excluding tert-OH is 1. The number of hydrogen-bond donors (Lipinski definition) is 2. The molecule has 0 unspecified atom stereocenters. The zero-order valence-electron chi connectivity index (χ0n) is 6.95. The minimum Gasteiger partial charge on any atom is -0.390 e. The molecular weight excluding hydrogens is 140 g/mol. The van der Waals surface area contributed by atoms with E-state index in [9.17, 15) is 10.2 Å². The summed E-state index contributed by atoms with van der Waals surface area (Å²) in [6.07, 6.45) is 3.21. The van der Waals surface area contributed by atoms with Gasteiger partial charge in [-0.3, -0.25) is 0 Å². The number of aliphatic hydroxyl groups is 2. The predicted octanol–water partition coefficient (Wildman–Crippen LogP) is 1.25. The molecule has 0 radical (unpaired) electrons. The molecule has 2 heteroatoms. The second-order valence-corrected chi connectivity index (χ2v) is 2.77. The summed E-state index contributed by atoms with van der Waals surface area (Å²) in [5, 5.41) is 18.9.